The average Bonchev–Trinajstić information content (AvgIpc) is 2.97. The highest BCUT2D eigenvalue weighted by Crippen LogP contribution is 2.11. The lowest BCUT2D eigenvalue weighted by atomic mass is 10.2. The summed E-state index contributed by atoms with van der Waals surface area (Å²) in [5.41, 5.74) is 0. The van der Waals surface area contributed by atoms with Crippen LogP contribution in [-0.4, -0.2) is 22.9 Å². The van der Waals surface area contributed by atoms with Gasteiger partial charge in [-0.2, -0.15) is 9.79 Å². The Bertz CT molecular complexity index is 558. The number of benzene rings is 2. The molecule has 1 fully saturated rings. The lowest BCUT2D eigenvalue weighted by molar-refractivity contribution is 0.512. The van der Waals surface area contributed by atoms with Crippen molar-refractivity contribution < 1.29 is 18.9 Å². The van der Waals surface area contributed by atoms with Crippen LogP contribution < -0.4 is 22.1 Å². The van der Waals surface area contributed by atoms with E-state index in [1.165, 1.54) is 38.8 Å². The van der Waals surface area contributed by atoms with Crippen molar-refractivity contribution in [3.05, 3.63) is 60.7 Å². The quantitative estimate of drug-likeness (QED) is 0.575. The summed E-state index contributed by atoms with van der Waals surface area (Å²) in [5.74, 6) is 0. The summed E-state index contributed by atoms with van der Waals surface area (Å²) in [6.07, 6.45) is 5.65. The number of rotatable bonds is 2. The summed E-state index contributed by atoms with van der Waals surface area (Å²) in [4.78, 5) is 17.1. The van der Waals surface area contributed by atoms with Gasteiger partial charge in [-0.05, 0) is 59.3 Å². The predicted molar refractivity (Wildman–Crippen MR) is 108 cm³/mol. The second-order valence-corrected chi connectivity index (χ2v) is 7.51. The third-order valence-electron chi connectivity index (χ3n) is 3.41. The third-order valence-corrected chi connectivity index (χ3v) is 4.89. The van der Waals surface area contributed by atoms with Crippen LogP contribution in [-0.2, 0) is 9.13 Å². The molecule has 0 spiro atoms. The van der Waals surface area contributed by atoms with Gasteiger partial charge in [0.1, 0.15) is 0 Å². The van der Waals surface area contributed by atoms with Gasteiger partial charge < -0.3 is 11.5 Å². The predicted octanol–water partition coefficient (Wildman–Crippen LogP) is 3.41. The Kier molecular flexibility index (Phi) is 14.8. The molecule has 1 aliphatic rings. The molecule has 2 atom stereocenters. The van der Waals surface area contributed by atoms with Crippen LogP contribution in [0.25, 0.3) is 0 Å². The van der Waals surface area contributed by atoms with Crippen molar-refractivity contribution in [3.8, 4) is 0 Å². The van der Waals surface area contributed by atoms with E-state index in [2.05, 4.69) is 5.32 Å². The summed E-state index contributed by atoms with van der Waals surface area (Å²) in [6, 6.07) is 17.1. The van der Waals surface area contributed by atoms with Gasteiger partial charge in [-0.3, -0.25) is 0 Å². The van der Waals surface area contributed by atoms with Crippen LogP contribution in [0.1, 0.15) is 25.7 Å². The summed E-state index contributed by atoms with van der Waals surface area (Å²) >= 11 is 0. The van der Waals surface area contributed by atoms with Crippen molar-refractivity contribution in [1.29, 1.82) is 0 Å². The van der Waals surface area contributed by atoms with Gasteiger partial charge >= 0.3 is 16.1 Å². The topological polar surface area (TPSA) is 122 Å². The molecule has 0 bridgehead atoms. The second kappa shape index (κ2) is 15.7. The summed E-state index contributed by atoms with van der Waals surface area (Å²) in [7, 11) is -4.29. The van der Waals surface area contributed by atoms with Crippen LogP contribution in [0.3, 0.4) is 0 Å². The van der Waals surface area contributed by atoms with Crippen molar-refractivity contribution in [2.75, 3.05) is 13.1 Å². The molecule has 2 aromatic carbocycles. The van der Waals surface area contributed by atoms with Crippen LogP contribution in [0.4, 0.5) is 0 Å². The zero-order valence-electron chi connectivity index (χ0n) is 14.8. The van der Waals surface area contributed by atoms with Gasteiger partial charge in [0.05, 0.1) is 0 Å². The fourth-order valence-electron chi connectivity index (χ4n) is 2.09. The van der Waals surface area contributed by atoms with E-state index in [9.17, 15) is 9.13 Å². The molecule has 0 radical (unpaired) electrons. The minimum Gasteiger partial charge on any atom is -0.344 e. The van der Waals surface area contributed by atoms with E-state index in [-0.39, 0.29) is 6.15 Å². The van der Waals surface area contributed by atoms with Crippen LogP contribution in [0.2, 0.25) is 0 Å². The van der Waals surface area contributed by atoms with Crippen molar-refractivity contribution in [1.82, 2.24) is 11.5 Å². The molecule has 2 unspecified atom stereocenters. The van der Waals surface area contributed by atoms with E-state index < -0.39 is 16.1 Å². The normalized spacial score (nSPS) is 14.1. The molecule has 1 aliphatic heterocycles. The molecular formula is C18H28N2O4P2+2. The summed E-state index contributed by atoms with van der Waals surface area (Å²) in [6.45, 7) is 2.50. The minimum atomic E-state index is -2.15. The lowest BCUT2D eigenvalue weighted by Gasteiger charge is -1.91. The highest BCUT2D eigenvalue weighted by molar-refractivity contribution is 7.47. The van der Waals surface area contributed by atoms with E-state index in [1.807, 2.05) is 12.1 Å². The number of nitrogens with one attached hydrogen (secondary N) is 1. The first-order valence-electron chi connectivity index (χ1n) is 8.24. The smallest absolute Gasteiger partial charge is 0.344 e. The lowest BCUT2D eigenvalue weighted by Crippen LogP contribution is -2.12. The highest BCUT2D eigenvalue weighted by Gasteiger charge is 2.13. The van der Waals surface area contributed by atoms with Gasteiger partial charge in [-0.1, -0.05) is 49.2 Å². The highest BCUT2D eigenvalue weighted by atomic mass is 31.1. The Labute approximate surface area is 157 Å². The molecule has 2 aromatic rings. The van der Waals surface area contributed by atoms with Gasteiger partial charge in [0.2, 0.25) is 10.6 Å². The van der Waals surface area contributed by atoms with Crippen molar-refractivity contribution in [3.63, 3.8) is 0 Å². The number of hydrogen-bond acceptors (Lipinski definition) is 4. The molecule has 142 valence electrons. The average molecular weight is 398 g/mol. The molecule has 0 saturated carbocycles. The van der Waals surface area contributed by atoms with Crippen molar-refractivity contribution >= 4 is 26.7 Å². The Morgan fingerprint density at radius 2 is 1.00 bits per heavy atom. The van der Waals surface area contributed by atoms with Crippen molar-refractivity contribution in [2.24, 2.45) is 0 Å². The molecule has 8 heteroatoms. The first-order chi connectivity index (χ1) is 12.1. The Balaban J connectivity index is 0.000000357. The van der Waals surface area contributed by atoms with E-state index in [0.717, 1.165) is 0 Å². The molecule has 1 heterocycles. The van der Waals surface area contributed by atoms with Gasteiger partial charge in [-0.15, -0.1) is 0 Å². The fraction of sp³-hybridized carbons (Fsp3) is 0.333. The van der Waals surface area contributed by atoms with E-state index in [4.69, 9.17) is 9.79 Å². The molecule has 6 N–H and O–H groups in total. The maximum atomic E-state index is 10.3. The monoisotopic (exact) mass is 398 g/mol. The molecule has 0 amide bonds. The minimum absolute atomic E-state index is 0. The fourth-order valence-corrected chi connectivity index (χ4v) is 2.94. The van der Waals surface area contributed by atoms with Crippen LogP contribution in [0.15, 0.2) is 60.7 Å². The van der Waals surface area contributed by atoms with Crippen LogP contribution in [0, 0.1) is 0 Å². The maximum Gasteiger partial charge on any atom is 0.546 e. The van der Waals surface area contributed by atoms with Gasteiger partial charge in [0, 0.05) is 0 Å². The Morgan fingerprint density at radius 1 is 0.654 bits per heavy atom. The number of hydrogen-bond donors (Lipinski definition) is 4. The van der Waals surface area contributed by atoms with E-state index in [0.29, 0.717) is 10.6 Å². The first-order valence-corrected chi connectivity index (χ1v) is 10.7. The maximum absolute atomic E-state index is 10.3. The van der Waals surface area contributed by atoms with Gasteiger partial charge in [0.15, 0.2) is 0 Å². The zero-order chi connectivity index (χ0) is 18.3. The Morgan fingerprint density at radius 3 is 1.27 bits per heavy atom. The summed E-state index contributed by atoms with van der Waals surface area (Å²) in [5, 5.41) is 4.31. The Hall–Kier alpha value is -1.52. The summed E-state index contributed by atoms with van der Waals surface area (Å²) < 4.78 is 20.7. The van der Waals surface area contributed by atoms with Crippen LogP contribution >= 0.6 is 16.1 Å². The first kappa shape index (κ1) is 24.5. The molecule has 6 nitrogen and oxygen atoms in total. The molecule has 3 rings (SSSR count). The standard InChI is InChI=1S/C6H13N.2C6H5O2P.H3N/c1-2-4-6-7-5-3-1;2*7-9(8)6-4-2-1-3-5-6;/h7H,1-6H2;2*1-5H;1H3/p+2. The second-order valence-electron chi connectivity index (χ2n) is 5.38. The zero-order valence-corrected chi connectivity index (χ0v) is 16.6. The molecule has 26 heavy (non-hydrogen) atoms. The SMILES string of the molecule is C1CCCNCC1.N.O=[P+](O)c1ccccc1.O=[P+](O)c1ccccc1. The third kappa shape index (κ3) is 11.9. The molecule has 0 aliphatic carbocycles. The van der Waals surface area contributed by atoms with Crippen LogP contribution in [0.5, 0.6) is 0 Å². The van der Waals surface area contributed by atoms with E-state index >= 15 is 0 Å². The largest absolute Gasteiger partial charge is 0.546 e. The molecule has 0 aromatic heterocycles. The van der Waals surface area contributed by atoms with Crippen molar-refractivity contribution in [2.45, 2.75) is 25.7 Å². The van der Waals surface area contributed by atoms with Gasteiger partial charge in [0.25, 0.3) is 0 Å². The van der Waals surface area contributed by atoms with E-state index in [1.54, 1.807) is 48.5 Å². The van der Waals surface area contributed by atoms with Gasteiger partial charge in [-0.25, -0.2) is 0 Å². The molecule has 1 saturated heterocycles. The molecular weight excluding hydrogens is 370 g/mol.